The second-order valence-corrected chi connectivity index (χ2v) is 8.62. The van der Waals surface area contributed by atoms with Gasteiger partial charge in [0.1, 0.15) is 6.04 Å². The van der Waals surface area contributed by atoms with Crippen molar-refractivity contribution in [3.8, 4) is 0 Å². The molecule has 1 aromatic heterocycles. The van der Waals surface area contributed by atoms with Crippen molar-refractivity contribution < 1.29 is 14.4 Å². The Bertz CT molecular complexity index is 945. The number of nitrogens with two attached hydrogens (primary N) is 2. The number of carbonyl (C=O) groups is 3. The maximum Gasteiger partial charge on any atom is 0.234 e. The van der Waals surface area contributed by atoms with Gasteiger partial charge in [0.05, 0.1) is 16.1 Å². The molecule has 0 radical (unpaired) electrons. The molecule has 0 saturated carbocycles. The molecular weight excluding hydrogens is 416 g/mol. The smallest absolute Gasteiger partial charge is 0.234 e. The van der Waals surface area contributed by atoms with E-state index in [2.05, 4.69) is 15.3 Å². The predicted molar refractivity (Wildman–Crippen MR) is 121 cm³/mol. The number of guanidine groups is 1. The predicted octanol–water partition coefficient (Wildman–Crippen LogP) is 1.28. The maximum atomic E-state index is 13.5. The fourth-order valence-corrected chi connectivity index (χ4v) is 4.73. The van der Waals surface area contributed by atoms with Crippen molar-refractivity contribution in [3.63, 3.8) is 0 Å². The third-order valence-corrected chi connectivity index (χ3v) is 6.32. The van der Waals surface area contributed by atoms with Gasteiger partial charge in [-0.1, -0.05) is 12.1 Å². The molecule has 31 heavy (non-hydrogen) atoms. The molecule has 0 bridgehead atoms. The number of para-hydroxylation sites is 1. The van der Waals surface area contributed by atoms with Gasteiger partial charge in [-0.05, 0) is 44.4 Å². The van der Waals surface area contributed by atoms with Gasteiger partial charge in [-0.15, -0.1) is 11.3 Å². The zero-order chi connectivity index (χ0) is 22.4. The van der Waals surface area contributed by atoms with Crippen molar-refractivity contribution in [2.45, 2.75) is 38.6 Å². The van der Waals surface area contributed by atoms with Crippen LogP contribution in [0.1, 0.15) is 42.4 Å². The summed E-state index contributed by atoms with van der Waals surface area (Å²) in [5, 5.41) is 3.48. The Morgan fingerprint density at radius 2 is 2.10 bits per heavy atom. The van der Waals surface area contributed by atoms with Crippen LogP contribution in [0.25, 0.3) is 10.2 Å². The van der Waals surface area contributed by atoms with E-state index in [0.29, 0.717) is 31.4 Å². The Hall–Kier alpha value is -2.85. The summed E-state index contributed by atoms with van der Waals surface area (Å²) >= 11 is 1.26. The summed E-state index contributed by atoms with van der Waals surface area (Å²) in [4.78, 5) is 48.8. The molecule has 2 atom stereocenters. The molecule has 5 N–H and O–H groups in total. The lowest BCUT2D eigenvalue weighted by Crippen LogP contribution is -2.52. The van der Waals surface area contributed by atoms with E-state index in [1.54, 1.807) is 0 Å². The quantitative estimate of drug-likeness (QED) is 0.241. The first-order valence-corrected chi connectivity index (χ1v) is 11.2. The molecule has 9 nitrogen and oxygen atoms in total. The molecular formula is C21H28N6O3S. The summed E-state index contributed by atoms with van der Waals surface area (Å²) < 4.78 is 0.877. The first-order chi connectivity index (χ1) is 14.9. The Morgan fingerprint density at radius 1 is 1.32 bits per heavy atom. The van der Waals surface area contributed by atoms with Crippen molar-refractivity contribution in [1.29, 1.82) is 0 Å². The minimum absolute atomic E-state index is 0.0400. The van der Waals surface area contributed by atoms with Gasteiger partial charge >= 0.3 is 0 Å². The van der Waals surface area contributed by atoms with E-state index in [9.17, 15) is 14.4 Å². The van der Waals surface area contributed by atoms with Gasteiger partial charge in [0.15, 0.2) is 11.0 Å². The number of aromatic nitrogens is 1. The van der Waals surface area contributed by atoms with Crippen molar-refractivity contribution in [1.82, 2.24) is 15.2 Å². The molecule has 0 spiro atoms. The lowest BCUT2D eigenvalue weighted by Gasteiger charge is -2.32. The van der Waals surface area contributed by atoms with Gasteiger partial charge in [0.2, 0.25) is 17.6 Å². The SMILES string of the molecule is CC(=O)N(C(=O)C1CCCNC1)C(CCCN=C(N)N)C(=O)c1nc2ccccc2s1. The number of nitrogens with zero attached hydrogens (tertiary/aromatic N) is 3. The highest BCUT2D eigenvalue weighted by Crippen LogP contribution is 2.26. The number of rotatable bonds is 8. The highest BCUT2D eigenvalue weighted by Gasteiger charge is 2.37. The number of benzene rings is 1. The minimum atomic E-state index is -0.943. The zero-order valence-corrected chi connectivity index (χ0v) is 18.4. The molecule has 166 valence electrons. The third-order valence-electron chi connectivity index (χ3n) is 5.27. The Balaban J connectivity index is 1.90. The number of hydrogen-bond acceptors (Lipinski definition) is 7. The van der Waals surface area contributed by atoms with E-state index in [1.807, 2.05) is 24.3 Å². The topological polar surface area (TPSA) is 144 Å². The molecule has 1 aliphatic rings. The fourth-order valence-electron chi connectivity index (χ4n) is 3.78. The van der Waals surface area contributed by atoms with Crippen molar-refractivity contribution >= 4 is 45.1 Å². The van der Waals surface area contributed by atoms with E-state index >= 15 is 0 Å². The molecule has 2 unspecified atom stereocenters. The van der Waals surface area contributed by atoms with E-state index in [1.165, 1.54) is 18.3 Å². The number of Topliss-reactive ketones (excluding diaryl/α,β-unsaturated/α-hetero) is 1. The summed E-state index contributed by atoms with van der Waals surface area (Å²) in [7, 11) is 0. The normalized spacial score (nSPS) is 17.1. The zero-order valence-electron chi connectivity index (χ0n) is 17.5. The summed E-state index contributed by atoms with van der Waals surface area (Å²) in [6.07, 6.45) is 2.24. The summed E-state index contributed by atoms with van der Waals surface area (Å²) in [6, 6.07) is 6.51. The average Bonchev–Trinajstić information content (AvgIpc) is 3.19. The van der Waals surface area contributed by atoms with E-state index in [4.69, 9.17) is 11.5 Å². The van der Waals surface area contributed by atoms with Gasteiger partial charge in [-0.3, -0.25) is 24.3 Å². The number of aliphatic imine (C=N–C) groups is 1. The van der Waals surface area contributed by atoms with Crippen LogP contribution in [-0.4, -0.2) is 59.1 Å². The molecule has 10 heteroatoms. The fraction of sp³-hybridized carbons (Fsp3) is 0.476. The molecule has 1 aromatic carbocycles. The van der Waals surface area contributed by atoms with Crippen molar-refractivity contribution in [2.24, 2.45) is 22.4 Å². The van der Waals surface area contributed by atoms with Crippen LogP contribution in [0, 0.1) is 5.92 Å². The largest absolute Gasteiger partial charge is 0.370 e. The summed E-state index contributed by atoms with van der Waals surface area (Å²) in [5.41, 5.74) is 11.5. The van der Waals surface area contributed by atoms with Crippen molar-refractivity contribution in [2.75, 3.05) is 19.6 Å². The van der Waals surface area contributed by atoms with Crippen LogP contribution < -0.4 is 16.8 Å². The molecule has 3 rings (SSSR count). The molecule has 1 aliphatic heterocycles. The number of imide groups is 1. The Kier molecular flexibility index (Phi) is 7.69. The van der Waals surface area contributed by atoms with Gasteiger partial charge in [0, 0.05) is 20.0 Å². The first kappa shape index (κ1) is 22.8. The number of thiazole rings is 1. The lowest BCUT2D eigenvalue weighted by molar-refractivity contribution is -0.148. The average molecular weight is 445 g/mol. The van der Waals surface area contributed by atoms with Crippen LogP contribution in [0.15, 0.2) is 29.3 Å². The minimum Gasteiger partial charge on any atom is -0.370 e. The van der Waals surface area contributed by atoms with E-state index in [-0.39, 0.29) is 35.0 Å². The van der Waals surface area contributed by atoms with Crippen LogP contribution in [0.4, 0.5) is 0 Å². The van der Waals surface area contributed by atoms with Crippen LogP contribution >= 0.6 is 11.3 Å². The standard InChI is InChI=1S/C21H28N6O3S/c1-13(28)27(20(30)14-6-4-10-24-12-14)16(8-5-11-25-21(22)23)18(29)19-26-15-7-2-3-9-17(15)31-19/h2-3,7,9,14,16,24H,4-6,8,10-12H2,1H3,(H4,22,23,25). The third kappa shape index (κ3) is 5.65. The molecule has 1 fully saturated rings. The number of carbonyl (C=O) groups excluding carboxylic acids is 3. The molecule has 0 aliphatic carbocycles. The number of nitrogens with one attached hydrogen (secondary N) is 1. The van der Waals surface area contributed by atoms with Gasteiger partial charge < -0.3 is 16.8 Å². The number of amides is 2. The van der Waals surface area contributed by atoms with Crippen LogP contribution in [0.5, 0.6) is 0 Å². The summed E-state index contributed by atoms with van der Waals surface area (Å²) in [5.74, 6) is -1.47. The van der Waals surface area contributed by atoms with Gasteiger partial charge in [-0.25, -0.2) is 4.98 Å². The molecule has 1 saturated heterocycles. The number of ketones is 1. The van der Waals surface area contributed by atoms with E-state index in [0.717, 1.165) is 22.6 Å². The molecule has 2 aromatic rings. The number of fused-ring (bicyclic) bond motifs is 1. The second kappa shape index (κ2) is 10.5. The first-order valence-electron chi connectivity index (χ1n) is 10.4. The monoisotopic (exact) mass is 444 g/mol. The molecule has 2 heterocycles. The van der Waals surface area contributed by atoms with E-state index < -0.39 is 11.9 Å². The maximum absolute atomic E-state index is 13.5. The number of piperidine rings is 1. The highest BCUT2D eigenvalue weighted by atomic mass is 32.1. The van der Waals surface area contributed by atoms with Crippen LogP contribution in [0.2, 0.25) is 0 Å². The highest BCUT2D eigenvalue weighted by molar-refractivity contribution is 7.20. The van der Waals surface area contributed by atoms with Crippen LogP contribution in [-0.2, 0) is 9.59 Å². The lowest BCUT2D eigenvalue weighted by atomic mass is 9.95. The summed E-state index contributed by atoms with van der Waals surface area (Å²) in [6.45, 7) is 2.97. The van der Waals surface area contributed by atoms with Gasteiger partial charge in [0.25, 0.3) is 0 Å². The second-order valence-electron chi connectivity index (χ2n) is 7.59. The van der Waals surface area contributed by atoms with Crippen LogP contribution in [0.3, 0.4) is 0 Å². The van der Waals surface area contributed by atoms with Gasteiger partial charge in [-0.2, -0.15) is 0 Å². The Morgan fingerprint density at radius 3 is 2.74 bits per heavy atom. The molecule has 2 amide bonds. The Labute approximate surface area is 184 Å². The van der Waals surface area contributed by atoms with Crippen molar-refractivity contribution in [3.05, 3.63) is 29.3 Å². The number of hydrogen-bond donors (Lipinski definition) is 3.